The molecule has 0 nitrogen and oxygen atoms in total. The average molecular weight is 638 g/mol. The molecule has 158 valence electrons. The molecule has 0 aliphatic rings. The summed E-state index contributed by atoms with van der Waals surface area (Å²) in [6.07, 6.45) is 0. The Morgan fingerprint density at radius 2 is 0.625 bits per heavy atom. The Balaban J connectivity index is 0.000000264. The van der Waals surface area contributed by atoms with Crippen LogP contribution in [0, 0.1) is 0 Å². The fourth-order valence-electron chi connectivity index (χ4n) is 3.81. The Kier molecular flexibility index (Phi) is 12.2. The molecule has 6 rings (SSSR count). The first kappa shape index (κ1) is 28.3. The van der Waals surface area contributed by atoms with Gasteiger partial charge >= 0.3 is 25.8 Å². The molecular formula is C28H24Cl2HfSi. The van der Waals surface area contributed by atoms with Crippen LogP contribution in [0.15, 0.2) is 109 Å². The van der Waals surface area contributed by atoms with Crippen LogP contribution in [-0.2, 0) is 25.8 Å². The summed E-state index contributed by atoms with van der Waals surface area (Å²) in [5.41, 5.74) is 0. The van der Waals surface area contributed by atoms with Crippen LogP contribution >= 0.6 is 0 Å². The van der Waals surface area contributed by atoms with Crippen molar-refractivity contribution in [2.45, 2.75) is 13.1 Å². The summed E-state index contributed by atoms with van der Waals surface area (Å²) in [7, 11) is 1.08. The van der Waals surface area contributed by atoms with Crippen LogP contribution in [0.3, 0.4) is 0 Å². The monoisotopic (exact) mass is 638 g/mol. The third kappa shape index (κ3) is 6.20. The molecule has 0 atom stereocenters. The van der Waals surface area contributed by atoms with Crippen molar-refractivity contribution in [2.75, 3.05) is 0 Å². The van der Waals surface area contributed by atoms with Gasteiger partial charge in [-0.05, 0) is 0 Å². The van der Waals surface area contributed by atoms with Gasteiger partial charge in [0.2, 0.25) is 0 Å². The van der Waals surface area contributed by atoms with E-state index in [-0.39, 0.29) is 50.7 Å². The van der Waals surface area contributed by atoms with Crippen molar-refractivity contribution >= 4 is 52.6 Å². The molecule has 4 heteroatoms. The summed E-state index contributed by atoms with van der Waals surface area (Å²) in [4.78, 5) is 0. The van der Waals surface area contributed by atoms with Gasteiger partial charge in [0.1, 0.15) is 0 Å². The van der Waals surface area contributed by atoms with Gasteiger partial charge in [-0.3, -0.25) is 0 Å². The van der Waals surface area contributed by atoms with Crippen LogP contribution in [0.2, 0.25) is 13.1 Å². The minimum Gasteiger partial charge on any atom is -1.00 e. The number of fused-ring (bicyclic) bond motifs is 6. The van der Waals surface area contributed by atoms with E-state index in [9.17, 15) is 0 Å². The van der Waals surface area contributed by atoms with Crippen molar-refractivity contribution in [2.24, 2.45) is 0 Å². The zero-order valence-electron chi connectivity index (χ0n) is 18.1. The second kappa shape index (κ2) is 13.7. The molecule has 0 aliphatic carbocycles. The standard InChI is InChI=1S/2C13H9.C2H6Si.2ClH.Hf/c2*1-3-7-12-10(5-1)9-11-6-2-4-8-13(11)12;1-3-2;;;/h2*1-9H;1-2H3;2*1H;/q2*-1;;;;+4/p-2. The Hall–Kier alpha value is -1.71. The molecular weight excluding hydrogens is 614 g/mol. The molecule has 0 aromatic heterocycles. The SMILES string of the molecule is C[Si]C.[Cl-].[Cl-].[Hf+4].c1ccc2c(c1)[cH-]c1ccccc12.c1ccc2c(c1)[cH-]c1ccccc12. The molecule has 0 N–H and O–H groups in total. The molecule has 0 fully saturated rings. The van der Waals surface area contributed by atoms with Gasteiger partial charge in [0.05, 0.1) is 0 Å². The Bertz CT molecular complexity index is 1160. The van der Waals surface area contributed by atoms with Crippen LogP contribution in [0.4, 0.5) is 0 Å². The minimum absolute atomic E-state index is 0. The third-order valence-electron chi connectivity index (χ3n) is 5.05. The molecule has 0 spiro atoms. The van der Waals surface area contributed by atoms with Crippen LogP contribution in [0.1, 0.15) is 0 Å². The quantitative estimate of drug-likeness (QED) is 0.177. The van der Waals surface area contributed by atoms with E-state index in [2.05, 4.69) is 122 Å². The summed E-state index contributed by atoms with van der Waals surface area (Å²) in [5.74, 6) is 0. The van der Waals surface area contributed by atoms with Crippen molar-refractivity contribution in [1.82, 2.24) is 0 Å². The summed E-state index contributed by atoms with van der Waals surface area (Å²) >= 11 is 0. The number of hydrogen-bond acceptors (Lipinski definition) is 0. The van der Waals surface area contributed by atoms with Gasteiger partial charge in [0.15, 0.2) is 0 Å². The van der Waals surface area contributed by atoms with E-state index < -0.39 is 0 Å². The Labute approximate surface area is 224 Å². The van der Waals surface area contributed by atoms with Gasteiger partial charge in [-0.25, -0.2) is 0 Å². The molecule has 0 saturated carbocycles. The zero-order chi connectivity index (χ0) is 20.1. The maximum absolute atomic E-state index is 2.24. The predicted molar refractivity (Wildman–Crippen MR) is 132 cm³/mol. The second-order valence-electron chi connectivity index (χ2n) is 7.14. The molecule has 6 aromatic rings. The van der Waals surface area contributed by atoms with E-state index in [0.717, 1.165) is 9.52 Å². The van der Waals surface area contributed by atoms with Gasteiger partial charge in [0, 0.05) is 9.52 Å². The minimum atomic E-state index is 0. The third-order valence-corrected chi connectivity index (χ3v) is 5.05. The molecule has 0 bridgehead atoms. The van der Waals surface area contributed by atoms with E-state index in [1.807, 2.05) is 0 Å². The maximum atomic E-state index is 2.24. The van der Waals surface area contributed by atoms with Gasteiger partial charge in [-0.15, -0.1) is 79.5 Å². The molecule has 0 saturated heterocycles. The Morgan fingerprint density at radius 3 is 0.844 bits per heavy atom. The topological polar surface area (TPSA) is 0 Å². The molecule has 0 unspecified atom stereocenters. The van der Waals surface area contributed by atoms with Crippen molar-refractivity contribution < 1.29 is 50.7 Å². The van der Waals surface area contributed by atoms with Crippen LogP contribution in [0.5, 0.6) is 0 Å². The van der Waals surface area contributed by atoms with Crippen molar-refractivity contribution in [3.63, 3.8) is 0 Å². The number of rotatable bonds is 0. The Morgan fingerprint density at radius 1 is 0.438 bits per heavy atom. The number of hydrogen-bond donors (Lipinski definition) is 0. The van der Waals surface area contributed by atoms with Gasteiger partial charge < -0.3 is 24.8 Å². The first-order valence-electron chi connectivity index (χ1n) is 9.96. The van der Waals surface area contributed by atoms with E-state index in [1.165, 1.54) is 43.1 Å². The normalized spacial score (nSPS) is 9.56. The van der Waals surface area contributed by atoms with Crippen LogP contribution < -0.4 is 24.8 Å². The summed E-state index contributed by atoms with van der Waals surface area (Å²) < 4.78 is 0. The average Bonchev–Trinajstić information content (AvgIpc) is 3.33. The van der Waals surface area contributed by atoms with E-state index in [0.29, 0.717) is 0 Å². The van der Waals surface area contributed by atoms with Gasteiger partial charge in [-0.1, -0.05) is 85.9 Å². The van der Waals surface area contributed by atoms with Gasteiger partial charge in [-0.2, -0.15) is 0 Å². The molecule has 2 radical (unpaired) electrons. The van der Waals surface area contributed by atoms with Crippen LogP contribution in [0.25, 0.3) is 43.1 Å². The summed E-state index contributed by atoms with van der Waals surface area (Å²) in [6, 6.07) is 38.5. The zero-order valence-corrected chi connectivity index (χ0v) is 24.3. The predicted octanol–water partition coefficient (Wildman–Crippen LogP) is 2.22. The first-order valence-corrected chi connectivity index (χ1v) is 12.0. The molecule has 0 aliphatic heterocycles. The largest absolute Gasteiger partial charge is 4.00 e. The van der Waals surface area contributed by atoms with Crippen molar-refractivity contribution in [3.05, 3.63) is 109 Å². The van der Waals surface area contributed by atoms with Crippen molar-refractivity contribution in [1.29, 1.82) is 0 Å². The van der Waals surface area contributed by atoms with Crippen LogP contribution in [-0.4, -0.2) is 9.52 Å². The molecule has 32 heavy (non-hydrogen) atoms. The van der Waals surface area contributed by atoms with Crippen molar-refractivity contribution in [3.8, 4) is 0 Å². The summed E-state index contributed by atoms with van der Waals surface area (Å²) in [6.45, 7) is 4.31. The van der Waals surface area contributed by atoms with E-state index in [1.54, 1.807) is 0 Å². The second-order valence-corrected chi connectivity index (χ2v) is 8.14. The summed E-state index contributed by atoms with van der Waals surface area (Å²) in [5, 5.41) is 10.8. The van der Waals surface area contributed by atoms with E-state index >= 15 is 0 Å². The fraction of sp³-hybridized carbons (Fsp3) is 0.0714. The van der Waals surface area contributed by atoms with Gasteiger partial charge in [0.25, 0.3) is 0 Å². The fourth-order valence-corrected chi connectivity index (χ4v) is 3.81. The van der Waals surface area contributed by atoms with E-state index in [4.69, 9.17) is 0 Å². The smallest absolute Gasteiger partial charge is 1.00 e. The number of benzene rings is 4. The maximum Gasteiger partial charge on any atom is 4.00 e. The first-order chi connectivity index (χ1) is 14.3. The number of halogens is 2. The molecule has 0 amide bonds. The molecule has 0 heterocycles. The molecule has 6 aromatic carbocycles.